The molecular weight excluding hydrogens is 542 g/mol. The minimum Gasteiger partial charge on any atom is -0.353 e. The Morgan fingerprint density at radius 2 is 1.70 bits per heavy atom. The maximum absolute atomic E-state index is 13.3. The lowest BCUT2D eigenvalue weighted by Gasteiger charge is -2.26. The van der Waals surface area contributed by atoms with Crippen molar-refractivity contribution in [1.82, 2.24) is 30.4 Å². The molecule has 1 aromatic heterocycles. The molecule has 1 fully saturated rings. The van der Waals surface area contributed by atoms with Gasteiger partial charge in [-0.2, -0.15) is 0 Å². The SMILES string of the molecule is CCCCCCCC/C=C\CCCCCCCC(=O)N[C@H]1C[C@@H](C(=O)NCCN(C)C)N(C(=O)C(N)Cc2cnc[nH]2)C1. The molecule has 3 atom stereocenters. The van der Waals surface area contributed by atoms with Crippen LogP contribution in [-0.4, -0.2) is 89.3 Å². The summed E-state index contributed by atoms with van der Waals surface area (Å²) < 4.78 is 0. The lowest BCUT2D eigenvalue weighted by atomic mass is 10.1. The molecule has 5 N–H and O–H groups in total. The number of nitrogens with zero attached hydrogens (tertiary/aromatic N) is 3. The van der Waals surface area contributed by atoms with Crippen LogP contribution in [0.4, 0.5) is 0 Å². The van der Waals surface area contributed by atoms with Crippen molar-refractivity contribution >= 4 is 17.7 Å². The van der Waals surface area contributed by atoms with E-state index in [-0.39, 0.29) is 30.3 Å². The highest BCUT2D eigenvalue weighted by Gasteiger charge is 2.41. The van der Waals surface area contributed by atoms with E-state index in [0.717, 1.165) is 31.4 Å². The van der Waals surface area contributed by atoms with Crippen molar-refractivity contribution in [2.75, 3.05) is 33.7 Å². The molecule has 0 saturated carbocycles. The fraction of sp³-hybridized carbons (Fsp3) is 0.758. The van der Waals surface area contributed by atoms with Gasteiger partial charge in [-0.3, -0.25) is 14.4 Å². The summed E-state index contributed by atoms with van der Waals surface area (Å²) >= 11 is 0. The molecule has 0 spiro atoms. The average molecular weight is 602 g/mol. The third kappa shape index (κ3) is 15.5. The Bertz CT molecular complexity index is 935. The number of likely N-dealkylation sites (tertiary alicyclic amines) is 1. The van der Waals surface area contributed by atoms with Crippen LogP contribution >= 0.6 is 0 Å². The van der Waals surface area contributed by atoms with Crippen molar-refractivity contribution in [3.8, 4) is 0 Å². The number of nitrogens with two attached hydrogens (primary N) is 1. The Balaban J connectivity index is 1.68. The first-order chi connectivity index (χ1) is 20.8. The summed E-state index contributed by atoms with van der Waals surface area (Å²) in [7, 11) is 3.88. The predicted octanol–water partition coefficient (Wildman–Crippen LogP) is 4.08. The zero-order valence-corrected chi connectivity index (χ0v) is 27.1. The van der Waals surface area contributed by atoms with Crippen molar-refractivity contribution in [3.05, 3.63) is 30.4 Å². The van der Waals surface area contributed by atoms with Crippen LogP contribution in [0.25, 0.3) is 0 Å². The first-order valence-corrected chi connectivity index (χ1v) is 16.7. The maximum atomic E-state index is 13.3. The lowest BCUT2D eigenvalue weighted by molar-refractivity contribution is -0.139. The molecule has 43 heavy (non-hydrogen) atoms. The lowest BCUT2D eigenvalue weighted by Crippen LogP contribution is -2.52. The van der Waals surface area contributed by atoms with Crippen molar-refractivity contribution in [2.24, 2.45) is 5.73 Å². The number of likely N-dealkylation sites (N-methyl/N-ethyl adjacent to an activating group) is 1. The molecule has 2 rings (SSSR count). The topological polar surface area (TPSA) is 136 Å². The second-order valence-corrected chi connectivity index (χ2v) is 12.3. The van der Waals surface area contributed by atoms with Gasteiger partial charge in [0, 0.05) is 50.4 Å². The minimum absolute atomic E-state index is 0.0227. The van der Waals surface area contributed by atoms with Crippen LogP contribution in [0.3, 0.4) is 0 Å². The van der Waals surface area contributed by atoms with E-state index in [4.69, 9.17) is 5.73 Å². The number of carbonyl (C=O) groups is 3. The quantitative estimate of drug-likeness (QED) is 0.110. The monoisotopic (exact) mass is 601 g/mol. The van der Waals surface area contributed by atoms with E-state index in [9.17, 15) is 14.4 Å². The van der Waals surface area contributed by atoms with Gasteiger partial charge in [0.05, 0.1) is 12.4 Å². The highest BCUT2D eigenvalue weighted by atomic mass is 16.2. The Morgan fingerprint density at radius 1 is 1.05 bits per heavy atom. The minimum atomic E-state index is -0.803. The fourth-order valence-corrected chi connectivity index (χ4v) is 5.54. The van der Waals surface area contributed by atoms with E-state index >= 15 is 0 Å². The number of nitrogens with one attached hydrogen (secondary N) is 3. The van der Waals surface area contributed by atoms with E-state index in [1.165, 1.54) is 57.8 Å². The van der Waals surface area contributed by atoms with Crippen LogP contribution in [0.2, 0.25) is 0 Å². The number of unbranched alkanes of at least 4 members (excludes halogenated alkanes) is 11. The zero-order chi connectivity index (χ0) is 31.3. The van der Waals surface area contributed by atoms with Crippen LogP contribution in [0.5, 0.6) is 0 Å². The van der Waals surface area contributed by atoms with E-state index < -0.39 is 12.1 Å². The van der Waals surface area contributed by atoms with E-state index in [0.29, 0.717) is 32.4 Å². The number of hydrogen-bond acceptors (Lipinski definition) is 6. The number of H-pyrrole nitrogens is 1. The number of aromatic amines is 1. The van der Waals surface area contributed by atoms with Crippen molar-refractivity contribution < 1.29 is 14.4 Å². The molecule has 10 nitrogen and oxygen atoms in total. The highest BCUT2D eigenvalue weighted by Crippen LogP contribution is 2.20. The molecule has 2 heterocycles. The normalized spacial score (nSPS) is 17.6. The first kappa shape index (κ1) is 36.5. The van der Waals surface area contributed by atoms with Gasteiger partial charge in [0.1, 0.15) is 6.04 Å². The molecular formula is C33H59N7O3. The van der Waals surface area contributed by atoms with Crippen LogP contribution in [0.1, 0.15) is 109 Å². The van der Waals surface area contributed by atoms with Crippen molar-refractivity contribution in [1.29, 1.82) is 0 Å². The largest absolute Gasteiger partial charge is 0.353 e. The second kappa shape index (κ2) is 21.9. The first-order valence-electron chi connectivity index (χ1n) is 16.7. The number of allylic oxidation sites excluding steroid dienone is 2. The zero-order valence-electron chi connectivity index (χ0n) is 27.1. The molecule has 1 aromatic rings. The van der Waals surface area contributed by atoms with Crippen LogP contribution < -0.4 is 16.4 Å². The Kier molecular flexibility index (Phi) is 18.6. The molecule has 1 saturated heterocycles. The molecule has 0 bridgehead atoms. The molecule has 10 heteroatoms. The summed E-state index contributed by atoms with van der Waals surface area (Å²) in [6.45, 7) is 3.71. The van der Waals surface area contributed by atoms with Crippen LogP contribution in [0, 0.1) is 0 Å². The van der Waals surface area contributed by atoms with Gasteiger partial charge < -0.3 is 31.2 Å². The van der Waals surface area contributed by atoms with E-state index in [1.807, 2.05) is 19.0 Å². The van der Waals surface area contributed by atoms with Crippen molar-refractivity contribution in [2.45, 2.75) is 128 Å². The summed E-state index contributed by atoms with van der Waals surface area (Å²) in [6.07, 6.45) is 24.8. The fourth-order valence-electron chi connectivity index (χ4n) is 5.54. The average Bonchev–Trinajstić information content (AvgIpc) is 3.64. The molecule has 0 aromatic carbocycles. The Hall–Kier alpha value is -2.72. The number of rotatable bonds is 23. The van der Waals surface area contributed by atoms with Gasteiger partial charge in [-0.1, -0.05) is 70.4 Å². The summed E-state index contributed by atoms with van der Waals surface area (Å²) in [5.74, 6) is -0.528. The number of aromatic nitrogens is 2. The van der Waals surface area contributed by atoms with Gasteiger partial charge in [0.2, 0.25) is 17.7 Å². The van der Waals surface area contributed by atoms with Gasteiger partial charge in [0.25, 0.3) is 0 Å². The van der Waals surface area contributed by atoms with E-state index in [2.05, 4.69) is 39.7 Å². The third-order valence-electron chi connectivity index (χ3n) is 8.09. The number of hydrogen-bond donors (Lipinski definition) is 4. The third-order valence-corrected chi connectivity index (χ3v) is 8.09. The van der Waals surface area contributed by atoms with Gasteiger partial charge >= 0.3 is 0 Å². The molecule has 244 valence electrons. The van der Waals surface area contributed by atoms with Gasteiger partial charge in [-0.25, -0.2) is 4.98 Å². The smallest absolute Gasteiger partial charge is 0.242 e. The van der Waals surface area contributed by atoms with Crippen LogP contribution in [-0.2, 0) is 20.8 Å². The molecule has 0 aliphatic carbocycles. The van der Waals surface area contributed by atoms with Crippen molar-refractivity contribution in [3.63, 3.8) is 0 Å². The maximum Gasteiger partial charge on any atom is 0.242 e. The molecule has 1 aliphatic rings. The Morgan fingerprint density at radius 3 is 2.33 bits per heavy atom. The summed E-state index contributed by atoms with van der Waals surface area (Å²) in [4.78, 5) is 49.5. The second-order valence-electron chi connectivity index (χ2n) is 12.3. The molecule has 3 amide bonds. The molecule has 1 unspecified atom stereocenters. The number of amides is 3. The predicted molar refractivity (Wildman–Crippen MR) is 173 cm³/mol. The highest BCUT2D eigenvalue weighted by molar-refractivity contribution is 5.91. The van der Waals surface area contributed by atoms with Gasteiger partial charge in [-0.05, 0) is 52.6 Å². The summed E-state index contributed by atoms with van der Waals surface area (Å²) in [5, 5.41) is 6.00. The molecule has 1 aliphatic heterocycles. The summed E-state index contributed by atoms with van der Waals surface area (Å²) in [5.41, 5.74) is 7.00. The standard InChI is InChI=1S/C33H59N7O3/c1-4-5-6-7-8-9-10-11-12-13-14-15-16-17-18-19-31(41)38-28-23-30(32(42)36-20-21-39(2)3)40(25-28)33(43)29(34)22-27-24-35-26-37-27/h11-12,24,26,28-30H,4-10,13-23,25,34H2,1-3H3,(H,35,37)(H,36,42)(H,38,41)/b12-11-/t28-,29?,30-/m0/s1. The number of imidazole rings is 1. The van der Waals surface area contributed by atoms with Gasteiger partial charge in [-0.15, -0.1) is 0 Å². The van der Waals surface area contributed by atoms with E-state index in [1.54, 1.807) is 17.4 Å². The summed E-state index contributed by atoms with van der Waals surface area (Å²) in [6, 6.07) is -1.74. The molecule has 0 radical (unpaired) electrons. The van der Waals surface area contributed by atoms with Crippen LogP contribution in [0.15, 0.2) is 24.7 Å². The van der Waals surface area contributed by atoms with Gasteiger partial charge in [0.15, 0.2) is 0 Å². The number of carbonyl (C=O) groups excluding carboxylic acids is 3. The Labute approximate surface area is 260 Å².